The number of esters is 3. The van der Waals surface area contributed by atoms with Crippen molar-refractivity contribution in [2.75, 3.05) is 13.2 Å². The van der Waals surface area contributed by atoms with Crippen LogP contribution in [0.2, 0.25) is 0 Å². The van der Waals surface area contributed by atoms with Crippen LogP contribution in [0.3, 0.4) is 0 Å². The van der Waals surface area contributed by atoms with Crippen molar-refractivity contribution < 1.29 is 28.6 Å². The van der Waals surface area contributed by atoms with E-state index in [0.717, 1.165) is 25.7 Å². The molecular weight excluding hydrogens is 384 g/mol. The third-order valence-electron chi connectivity index (χ3n) is 8.03. The van der Waals surface area contributed by atoms with Gasteiger partial charge < -0.3 is 14.2 Å². The SMILES string of the molecule is C=C1CCCC(C)(C)C2C[C@H](OC(C)=O)[C@@](C)([C@@H]3COC(=O)C[C@H]3COC(C)=O)C12. The lowest BCUT2D eigenvalue weighted by Crippen LogP contribution is -2.51. The number of carbonyl (C=O) groups excluding carboxylic acids is 3. The molecule has 3 fully saturated rings. The van der Waals surface area contributed by atoms with Gasteiger partial charge in [-0.15, -0.1) is 0 Å². The highest BCUT2D eigenvalue weighted by Crippen LogP contribution is 2.64. The third kappa shape index (κ3) is 4.15. The normalized spacial score (nSPS) is 38.2. The molecular formula is C24H36O6. The number of hydrogen-bond donors (Lipinski definition) is 0. The van der Waals surface area contributed by atoms with Crippen molar-refractivity contribution in [3.05, 3.63) is 12.2 Å². The van der Waals surface area contributed by atoms with Crippen LogP contribution in [-0.2, 0) is 28.6 Å². The van der Waals surface area contributed by atoms with E-state index in [-0.39, 0.29) is 66.8 Å². The van der Waals surface area contributed by atoms with Gasteiger partial charge in [0.2, 0.25) is 0 Å². The third-order valence-corrected chi connectivity index (χ3v) is 8.03. The van der Waals surface area contributed by atoms with Gasteiger partial charge in [-0.3, -0.25) is 14.4 Å². The topological polar surface area (TPSA) is 78.9 Å². The van der Waals surface area contributed by atoms with Crippen LogP contribution in [-0.4, -0.2) is 37.2 Å². The van der Waals surface area contributed by atoms with Crippen molar-refractivity contribution in [1.29, 1.82) is 0 Å². The van der Waals surface area contributed by atoms with Crippen molar-refractivity contribution in [1.82, 2.24) is 0 Å². The molecule has 1 saturated heterocycles. The number of cyclic esters (lactones) is 1. The Balaban J connectivity index is 2.04. The summed E-state index contributed by atoms with van der Waals surface area (Å²) in [6, 6.07) is 0. The quantitative estimate of drug-likeness (QED) is 0.388. The van der Waals surface area contributed by atoms with Crippen molar-refractivity contribution in [3.8, 4) is 0 Å². The van der Waals surface area contributed by atoms with Crippen LogP contribution >= 0.6 is 0 Å². The molecule has 6 heteroatoms. The molecule has 3 aliphatic rings. The van der Waals surface area contributed by atoms with Crippen LogP contribution in [0.15, 0.2) is 12.2 Å². The highest BCUT2D eigenvalue weighted by atomic mass is 16.6. The molecule has 0 aromatic heterocycles. The average molecular weight is 421 g/mol. The number of fused-ring (bicyclic) bond motifs is 1. The lowest BCUT2D eigenvalue weighted by atomic mass is 9.58. The van der Waals surface area contributed by atoms with E-state index in [9.17, 15) is 14.4 Å². The van der Waals surface area contributed by atoms with Crippen molar-refractivity contribution in [2.45, 2.75) is 72.8 Å². The van der Waals surface area contributed by atoms with E-state index >= 15 is 0 Å². The molecule has 6 nitrogen and oxygen atoms in total. The van der Waals surface area contributed by atoms with Crippen LogP contribution in [0.5, 0.6) is 0 Å². The summed E-state index contributed by atoms with van der Waals surface area (Å²) >= 11 is 0. The van der Waals surface area contributed by atoms with Gasteiger partial charge in [-0.05, 0) is 42.9 Å². The smallest absolute Gasteiger partial charge is 0.306 e. The zero-order valence-corrected chi connectivity index (χ0v) is 19.0. The van der Waals surface area contributed by atoms with Gasteiger partial charge in [-0.25, -0.2) is 0 Å². The zero-order valence-electron chi connectivity index (χ0n) is 19.0. The minimum absolute atomic E-state index is 0.0838. The van der Waals surface area contributed by atoms with Gasteiger partial charge in [0.25, 0.3) is 0 Å². The van der Waals surface area contributed by atoms with E-state index in [2.05, 4.69) is 27.4 Å². The Kier molecular flexibility index (Phi) is 6.35. The van der Waals surface area contributed by atoms with Crippen molar-refractivity contribution in [3.63, 3.8) is 0 Å². The highest BCUT2D eigenvalue weighted by Gasteiger charge is 2.63. The number of allylic oxidation sites excluding steroid dienone is 1. The Morgan fingerprint density at radius 2 is 1.87 bits per heavy atom. The molecule has 6 atom stereocenters. The summed E-state index contributed by atoms with van der Waals surface area (Å²) in [5.41, 5.74) is 0.850. The lowest BCUT2D eigenvalue weighted by molar-refractivity contribution is -0.175. The Labute approximate surface area is 179 Å². The lowest BCUT2D eigenvalue weighted by Gasteiger charge is -2.48. The predicted molar refractivity (Wildman–Crippen MR) is 111 cm³/mol. The molecule has 2 aliphatic carbocycles. The van der Waals surface area contributed by atoms with E-state index < -0.39 is 5.41 Å². The summed E-state index contributed by atoms with van der Waals surface area (Å²) in [7, 11) is 0. The van der Waals surface area contributed by atoms with Gasteiger partial charge in [0.05, 0.1) is 19.6 Å². The van der Waals surface area contributed by atoms with E-state index in [4.69, 9.17) is 14.2 Å². The minimum atomic E-state index is -0.444. The summed E-state index contributed by atoms with van der Waals surface area (Å²) in [6.45, 7) is 14.5. The van der Waals surface area contributed by atoms with Gasteiger partial charge in [0, 0.05) is 31.1 Å². The van der Waals surface area contributed by atoms with Gasteiger partial charge >= 0.3 is 17.9 Å². The molecule has 0 amide bonds. The van der Waals surface area contributed by atoms with Gasteiger partial charge in [0.1, 0.15) is 6.10 Å². The Bertz CT molecular complexity index is 725. The maximum absolute atomic E-state index is 12.1. The van der Waals surface area contributed by atoms with Crippen molar-refractivity contribution in [2.24, 2.45) is 34.5 Å². The maximum Gasteiger partial charge on any atom is 0.306 e. The molecule has 0 spiro atoms. The second-order valence-electron chi connectivity index (χ2n) is 10.3. The van der Waals surface area contributed by atoms with E-state index in [1.165, 1.54) is 19.4 Å². The summed E-state index contributed by atoms with van der Waals surface area (Å²) < 4.78 is 16.8. The van der Waals surface area contributed by atoms with Crippen LogP contribution in [0.1, 0.15) is 66.7 Å². The monoisotopic (exact) mass is 420 g/mol. The van der Waals surface area contributed by atoms with Gasteiger partial charge in [0.15, 0.2) is 0 Å². The average Bonchev–Trinajstić information content (AvgIpc) is 2.87. The first kappa shape index (κ1) is 22.8. The van der Waals surface area contributed by atoms with Crippen molar-refractivity contribution >= 4 is 17.9 Å². The molecule has 2 unspecified atom stereocenters. The van der Waals surface area contributed by atoms with Gasteiger partial charge in [-0.1, -0.05) is 32.9 Å². The summed E-state index contributed by atoms with van der Waals surface area (Å²) in [4.78, 5) is 35.6. The molecule has 0 bridgehead atoms. The molecule has 0 radical (unpaired) electrons. The van der Waals surface area contributed by atoms with E-state index in [1.807, 2.05) is 0 Å². The van der Waals surface area contributed by atoms with Crippen LogP contribution in [0.25, 0.3) is 0 Å². The number of ether oxygens (including phenoxy) is 3. The molecule has 30 heavy (non-hydrogen) atoms. The molecule has 0 aromatic carbocycles. The Morgan fingerprint density at radius 3 is 2.50 bits per heavy atom. The fourth-order valence-corrected chi connectivity index (χ4v) is 6.53. The Morgan fingerprint density at radius 1 is 1.17 bits per heavy atom. The fraction of sp³-hybridized carbons (Fsp3) is 0.792. The largest absolute Gasteiger partial charge is 0.466 e. The summed E-state index contributed by atoms with van der Waals surface area (Å²) in [5, 5.41) is 0. The van der Waals surface area contributed by atoms with Gasteiger partial charge in [-0.2, -0.15) is 0 Å². The summed E-state index contributed by atoms with van der Waals surface area (Å²) in [5.74, 6) is -0.703. The molecule has 1 heterocycles. The fourth-order valence-electron chi connectivity index (χ4n) is 6.53. The number of hydrogen-bond acceptors (Lipinski definition) is 6. The van der Waals surface area contributed by atoms with Crippen LogP contribution in [0, 0.1) is 34.5 Å². The second kappa shape index (κ2) is 8.35. The second-order valence-corrected chi connectivity index (χ2v) is 10.3. The molecule has 168 valence electrons. The molecule has 0 N–H and O–H groups in total. The Hall–Kier alpha value is -1.85. The molecule has 0 aromatic rings. The van der Waals surface area contributed by atoms with E-state index in [1.54, 1.807) is 0 Å². The highest BCUT2D eigenvalue weighted by molar-refractivity contribution is 5.71. The molecule has 1 aliphatic heterocycles. The van der Waals surface area contributed by atoms with Crippen LogP contribution < -0.4 is 0 Å². The molecule has 3 rings (SSSR count). The first-order chi connectivity index (χ1) is 14.0. The van der Waals surface area contributed by atoms with E-state index in [0.29, 0.717) is 5.92 Å². The minimum Gasteiger partial charge on any atom is -0.466 e. The first-order valence-electron chi connectivity index (χ1n) is 11.1. The number of rotatable bonds is 4. The molecule has 2 saturated carbocycles. The van der Waals surface area contributed by atoms with Crippen LogP contribution in [0.4, 0.5) is 0 Å². The summed E-state index contributed by atoms with van der Waals surface area (Å²) in [6.07, 6.45) is 3.84. The maximum atomic E-state index is 12.1. The zero-order chi connectivity index (χ0) is 22.3. The standard InChI is InChI=1S/C24H36O6/c1-14-8-7-9-23(4,5)18-11-20(30-16(3)26)24(6,22(14)18)19-13-29-21(27)10-17(19)12-28-15(2)25/h17-20,22H,1,7-13H2,2-6H3/t17-,18?,19+,20-,22?,24+/m0/s1. The first-order valence-corrected chi connectivity index (χ1v) is 11.1. The predicted octanol–water partition coefficient (Wildman–Crippen LogP) is 4.07. The number of carbonyl (C=O) groups is 3.